The van der Waals surface area contributed by atoms with E-state index in [0.717, 1.165) is 0 Å². The lowest BCUT2D eigenvalue weighted by atomic mass is 10.0. The van der Waals surface area contributed by atoms with Crippen LogP contribution in [0.15, 0.2) is 41.8 Å². The van der Waals surface area contributed by atoms with Gasteiger partial charge in [-0.15, -0.1) is 11.3 Å². The molecule has 0 amide bonds. The third-order valence-corrected chi connectivity index (χ3v) is 3.91. The van der Waals surface area contributed by atoms with Crippen molar-refractivity contribution in [2.75, 3.05) is 0 Å². The van der Waals surface area contributed by atoms with Crippen LogP contribution in [0.4, 0.5) is 0 Å². The second-order valence-corrected chi connectivity index (χ2v) is 5.34. The van der Waals surface area contributed by atoms with Crippen molar-refractivity contribution in [3.63, 3.8) is 0 Å². The van der Waals surface area contributed by atoms with Gasteiger partial charge in [-0.25, -0.2) is 0 Å². The maximum absolute atomic E-state index is 5.58. The number of rotatable bonds is 6. The van der Waals surface area contributed by atoms with Crippen LogP contribution in [0.1, 0.15) is 28.8 Å². The molecule has 17 heavy (non-hydrogen) atoms. The lowest BCUT2D eigenvalue weighted by molar-refractivity contribution is 0.740. The van der Waals surface area contributed by atoms with Crippen molar-refractivity contribution < 1.29 is 0 Å². The van der Waals surface area contributed by atoms with Crippen LogP contribution in [0.5, 0.6) is 0 Å². The van der Waals surface area contributed by atoms with Gasteiger partial charge < -0.3 is 5.73 Å². The van der Waals surface area contributed by atoms with E-state index in [1.54, 1.807) is 0 Å². The summed E-state index contributed by atoms with van der Waals surface area (Å²) in [6, 6.07) is 13.0. The van der Waals surface area contributed by atoms with Gasteiger partial charge in [0.25, 0.3) is 0 Å². The minimum Gasteiger partial charge on any atom is -0.326 e. The summed E-state index contributed by atoms with van der Waals surface area (Å²) < 4.78 is 0. The minimum absolute atomic E-state index is 0.638. The van der Waals surface area contributed by atoms with Crippen LogP contribution in [-0.2, 0) is 19.4 Å². The smallest absolute Gasteiger partial charge is 0.0178 e. The van der Waals surface area contributed by atoms with E-state index < -0.39 is 0 Å². The minimum atomic E-state index is 0.638. The maximum Gasteiger partial charge on any atom is 0.0178 e. The fourth-order valence-electron chi connectivity index (χ4n) is 1.93. The zero-order valence-electron chi connectivity index (χ0n) is 10.1. The highest BCUT2D eigenvalue weighted by atomic mass is 32.1. The molecule has 0 aliphatic rings. The first kappa shape index (κ1) is 12.3. The fourth-order valence-corrected chi connectivity index (χ4v) is 2.68. The number of hydrogen-bond acceptors (Lipinski definition) is 2. The Morgan fingerprint density at radius 1 is 0.882 bits per heavy atom. The largest absolute Gasteiger partial charge is 0.326 e. The van der Waals surface area contributed by atoms with Crippen LogP contribution in [-0.4, -0.2) is 0 Å². The molecule has 0 radical (unpaired) electrons. The highest BCUT2D eigenvalue weighted by Gasteiger charge is 1.96. The molecule has 0 spiro atoms. The quantitative estimate of drug-likeness (QED) is 0.770. The average molecular weight is 245 g/mol. The van der Waals surface area contributed by atoms with E-state index in [4.69, 9.17) is 5.73 Å². The van der Waals surface area contributed by atoms with Crippen LogP contribution in [0.3, 0.4) is 0 Å². The zero-order valence-corrected chi connectivity index (χ0v) is 10.9. The van der Waals surface area contributed by atoms with E-state index in [1.807, 2.05) is 11.3 Å². The van der Waals surface area contributed by atoms with Crippen LogP contribution < -0.4 is 5.73 Å². The van der Waals surface area contributed by atoms with E-state index in [2.05, 4.69) is 41.8 Å². The summed E-state index contributed by atoms with van der Waals surface area (Å²) in [6.45, 7) is 0.638. The standard InChI is InChI=1S/C15H19NS/c16-12-14-9-7-13(8-10-14)4-1-2-5-15-6-3-11-17-15/h3,6-11H,1-2,4-5,12,16H2. The number of thiophene rings is 1. The molecule has 2 N–H and O–H groups in total. The molecule has 1 aromatic heterocycles. The molecule has 1 aromatic carbocycles. The Morgan fingerprint density at radius 2 is 1.59 bits per heavy atom. The van der Waals surface area contributed by atoms with E-state index in [-0.39, 0.29) is 0 Å². The van der Waals surface area contributed by atoms with Gasteiger partial charge in [0.15, 0.2) is 0 Å². The van der Waals surface area contributed by atoms with Crippen molar-refractivity contribution in [3.8, 4) is 0 Å². The Bertz CT molecular complexity index is 417. The number of nitrogens with two attached hydrogens (primary N) is 1. The topological polar surface area (TPSA) is 26.0 Å². The molecule has 1 heterocycles. The highest BCUT2D eigenvalue weighted by molar-refractivity contribution is 7.09. The second kappa shape index (κ2) is 6.58. The number of unbranched alkanes of at least 4 members (excludes halogenated alkanes) is 1. The van der Waals surface area contributed by atoms with Crippen LogP contribution in [0.25, 0.3) is 0 Å². The molecule has 1 nitrogen and oxygen atoms in total. The van der Waals surface area contributed by atoms with Gasteiger partial charge in [0.2, 0.25) is 0 Å². The highest BCUT2D eigenvalue weighted by Crippen LogP contribution is 2.14. The molecule has 2 heteroatoms. The predicted octanol–water partition coefficient (Wildman–Crippen LogP) is 3.77. The molecule has 0 aliphatic carbocycles. The first-order chi connectivity index (χ1) is 8.38. The maximum atomic E-state index is 5.58. The van der Waals surface area contributed by atoms with Gasteiger partial charge in [0.1, 0.15) is 0 Å². The van der Waals surface area contributed by atoms with Gasteiger partial charge in [-0.2, -0.15) is 0 Å². The van der Waals surface area contributed by atoms with Gasteiger partial charge in [-0.3, -0.25) is 0 Å². The lowest BCUT2D eigenvalue weighted by Crippen LogP contribution is -1.96. The summed E-state index contributed by atoms with van der Waals surface area (Å²) in [5.41, 5.74) is 8.22. The first-order valence-electron chi connectivity index (χ1n) is 6.19. The van der Waals surface area contributed by atoms with Crippen LogP contribution >= 0.6 is 11.3 Å². The van der Waals surface area contributed by atoms with E-state index >= 15 is 0 Å². The van der Waals surface area contributed by atoms with Gasteiger partial charge in [0, 0.05) is 11.4 Å². The second-order valence-electron chi connectivity index (χ2n) is 4.31. The molecule has 2 aromatic rings. The Labute approximate surface area is 107 Å². The monoisotopic (exact) mass is 245 g/mol. The number of aryl methyl sites for hydroxylation is 2. The predicted molar refractivity (Wildman–Crippen MR) is 75.3 cm³/mol. The summed E-state index contributed by atoms with van der Waals surface area (Å²) in [5.74, 6) is 0. The van der Waals surface area contributed by atoms with Crippen molar-refractivity contribution >= 4 is 11.3 Å². The summed E-state index contributed by atoms with van der Waals surface area (Å²) >= 11 is 1.86. The Morgan fingerprint density at radius 3 is 2.24 bits per heavy atom. The Balaban J connectivity index is 1.70. The molecule has 0 bridgehead atoms. The van der Waals surface area contributed by atoms with Crippen molar-refractivity contribution in [1.82, 2.24) is 0 Å². The number of hydrogen-bond donors (Lipinski definition) is 1. The third-order valence-electron chi connectivity index (χ3n) is 2.98. The molecule has 0 saturated carbocycles. The first-order valence-corrected chi connectivity index (χ1v) is 7.07. The van der Waals surface area contributed by atoms with Crippen molar-refractivity contribution in [1.29, 1.82) is 0 Å². The molecule has 0 atom stereocenters. The van der Waals surface area contributed by atoms with Gasteiger partial charge >= 0.3 is 0 Å². The van der Waals surface area contributed by atoms with E-state index in [1.165, 1.54) is 41.7 Å². The van der Waals surface area contributed by atoms with Crippen molar-refractivity contribution in [3.05, 3.63) is 57.8 Å². The van der Waals surface area contributed by atoms with Crippen LogP contribution in [0.2, 0.25) is 0 Å². The lowest BCUT2D eigenvalue weighted by Gasteiger charge is -2.02. The zero-order chi connectivity index (χ0) is 11.9. The fraction of sp³-hybridized carbons (Fsp3) is 0.333. The van der Waals surface area contributed by atoms with Crippen molar-refractivity contribution in [2.24, 2.45) is 5.73 Å². The molecule has 0 saturated heterocycles. The Hall–Kier alpha value is -1.12. The van der Waals surface area contributed by atoms with Gasteiger partial charge in [-0.1, -0.05) is 30.3 Å². The Kier molecular flexibility index (Phi) is 4.77. The SMILES string of the molecule is NCc1ccc(CCCCc2cccs2)cc1. The normalized spacial score (nSPS) is 10.6. The van der Waals surface area contributed by atoms with Gasteiger partial charge in [0.05, 0.1) is 0 Å². The number of benzene rings is 1. The molecule has 2 rings (SSSR count). The molecule has 0 fully saturated rings. The summed E-state index contributed by atoms with van der Waals surface area (Å²) in [4.78, 5) is 1.50. The van der Waals surface area contributed by atoms with E-state index in [0.29, 0.717) is 6.54 Å². The van der Waals surface area contributed by atoms with Crippen LogP contribution in [0, 0.1) is 0 Å². The molecule has 0 aliphatic heterocycles. The summed E-state index contributed by atoms with van der Waals surface area (Å²) in [6.07, 6.45) is 4.94. The van der Waals surface area contributed by atoms with Crippen molar-refractivity contribution in [2.45, 2.75) is 32.2 Å². The molecular formula is C15H19NS. The average Bonchev–Trinajstić information content (AvgIpc) is 2.88. The van der Waals surface area contributed by atoms with Gasteiger partial charge in [-0.05, 0) is 48.3 Å². The third kappa shape index (κ3) is 3.99. The summed E-state index contributed by atoms with van der Waals surface area (Å²) in [5, 5.41) is 2.15. The molecular weight excluding hydrogens is 226 g/mol. The molecule has 90 valence electrons. The summed E-state index contributed by atoms with van der Waals surface area (Å²) in [7, 11) is 0. The molecule has 0 unspecified atom stereocenters. The van der Waals surface area contributed by atoms with E-state index in [9.17, 15) is 0 Å².